The summed E-state index contributed by atoms with van der Waals surface area (Å²) in [5, 5.41) is 0. The fraction of sp³-hybridized carbons (Fsp3) is 0.182. The molecule has 5 nitrogen and oxygen atoms in total. The molecule has 19 heavy (non-hydrogen) atoms. The molecule has 2 aromatic heterocycles. The first-order valence-corrected chi connectivity index (χ1v) is 7.97. The van der Waals surface area contributed by atoms with Crippen molar-refractivity contribution >= 4 is 33.0 Å². The van der Waals surface area contributed by atoms with E-state index < -0.39 is 10.0 Å². The van der Waals surface area contributed by atoms with Gasteiger partial charge in [0.1, 0.15) is 4.21 Å². The van der Waals surface area contributed by atoms with Crippen LogP contribution in [-0.4, -0.2) is 13.0 Å². The Labute approximate surface area is 119 Å². The first-order chi connectivity index (χ1) is 8.90. The predicted octanol–water partition coefficient (Wildman–Crippen LogP) is 1.58. The van der Waals surface area contributed by atoms with Crippen LogP contribution < -0.4 is 10.3 Å². The molecule has 8 heteroatoms. The molecule has 2 aromatic rings. The Morgan fingerprint density at radius 2 is 2.11 bits per heavy atom. The summed E-state index contributed by atoms with van der Waals surface area (Å²) in [6, 6.07) is 6.22. The van der Waals surface area contributed by atoms with E-state index >= 15 is 0 Å². The van der Waals surface area contributed by atoms with Crippen molar-refractivity contribution in [3.63, 3.8) is 0 Å². The Bertz CT molecular complexity index is 749. The zero-order valence-electron chi connectivity index (χ0n) is 9.96. The first-order valence-electron chi connectivity index (χ1n) is 5.30. The Balaban J connectivity index is 2.19. The average molecular weight is 319 g/mol. The number of hydrogen-bond donors (Lipinski definition) is 1. The molecule has 0 unspecified atom stereocenters. The van der Waals surface area contributed by atoms with Gasteiger partial charge in [-0.2, -0.15) is 0 Å². The summed E-state index contributed by atoms with van der Waals surface area (Å²) in [4.78, 5) is 11.7. The Hall–Kier alpha value is -1.15. The van der Waals surface area contributed by atoms with Gasteiger partial charge in [0.05, 0.1) is 4.34 Å². The van der Waals surface area contributed by atoms with E-state index in [1.54, 1.807) is 25.4 Å². The minimum absolute atomic E-state index is 0.0502. The monoisotopic (exact) mass is 318 g/mol. The molecule has 0 aliphatic heterocycles. The average Bonchev–Trinajstić information content (AvgIpc) is 2.79. The van der Waals surface area contributed by atoms with Crippen LogP contribution in [0.3, 0.4) is 0 Å². The molecule has 0 aliphatic rings. The molecular formula is C11H11ClN2O3S2. The molecule has 2 rings (SSSR count). The second kappa shape index (κ2) is 5.46. The van der Waals surface area contributed by atoms with E-state index in [0.29, 0.717) is 9.90 Å². The van der Waals surface area contributed by atoms with Crippen LogP contribution in [0.15, 0.2) is 39.5 Å². The van der Waals surface area contributed by atoms with E-state index in [0.717, 1.165) is 11.3 Å². The van der Waals surface area contributed by atoms with Crippen LogP contribution in [0, 0.1) is 0 Å². The SMILES string of the molecule is Cn1cccc(CNS(=O)(=O)c2ccc(Cl)s2)c1=O. The highest BCUT2D eigenvalue weighted by Crippen LogP contribution is 2.25. The van der Waals surface area contributed by atoms with Gasteiger partial charge in [0.2, 0.25) is 10.0 Å². The standard InChI is InChI=1S/C11H11ClN2O3S2/c1-14-6-2-3-8(11(14)15)7-13-19(16,17)10-5-4-9(12)18-10/h2-6,13H,7H2,1H3. The summed E-state index contributed by atoms with van der Waals surface area (Å²) in [5.74, 6) is 0. The van der Waals surface area contributed by atoms with E-state index in [9.17, 15) is 13.2 Å². The third kappa shape index (κ3) is 3.24. The molecule has 0 atom stereocenters. The highest BCUT2D eigenvalue weighted by atomic mass is 35.5. The lowest BCUT2D eigenvalue weighted by Crippen LogP contribution is -2.28. The molecule has 0 aliphatic carbocycles. The predicted molar refractivity (Wildman–Crippen MR) is 75.0 cm³/mol. The van der Waals surface area contributed by atoms with Crippen LogP contribution in [0.25, 0.3) is 0 Å². The van der Waals surface area contributed by atoms with E-state index in [4.69, 9.17) is 11.6 Å². The topological polar surface area (TPSA) is 68.2 Å². The minimum Gasteiger partial charge on any atom is -0.318 e. The van der Waals surface area contributed by atoms with E-state index in [2.05, 4.69) is 4.72 Å². The van der Waals surface area contributed by atoms with Crippen molar-refractivity contribution in [3.05, 3.63) is 50.7 Å². The highest BCUT2D eigenvalue weighted by Gasteiger charge is 2.16. The quantitative estimate of drug-likeness (QED) is 0.930. The lowest BCUT2D eigenvalue weighted by atomic mass is 10.3. The van der Waals surface area contributed by atoms with Crippen LogP contribution in [0.5, 0.6) is 0 Å². The smallest absolute Gasteiger partial charge is 0.254 e. The van der Waals surface area contributed by atoms with Gasteiger partial charge in [0.15, 0.2) is 0 Å². The molecule has 102 valence electrons. The van der Waals surface area contributed by atoms with E-state index in [-0.39, 0.29) is 16.3 Å². The molecule has 0 saturated carbocycles. The number of rotatable bonds is 4. The number of aromatic nitrogens is 1. The van der Waals surface area contributed by atoms with E-state index in [1.807, 2.05) is 0 Å². The second-order valence-electron chi connectivity index (χ2n) is 3.83. The summed E-state index contributed by atoms with van der Waals surface area (Å²) in [5.41, 5.74) is 0.158. The number of aryl methyl sites for hydroxylation is 1. The summed E-state index contributed by atoms with van der Waals surface area (Å²) in [6.45, 7) is -0.0502. The molecule has 0 fully saturated rings. The van der Waals surface area contributed by atoms with E-state index in [1.165, 1.54) is 16.7 Å². The number of hydrogen-bond acceptors (Lipinski definition) is 4. The maximum absolute atomic E-state index is 11.9. The third-order valence-electron chi connectivity index (χ3n) is 2.47. The number of thiophene rings is 1. The van der Waals surface area contributed by atoms with Gasteiger partial charge >= 0.3 is 0 Å². The number of sulfonamides is 1. The van der Waals surface area contributed by atoms with Crippen LogP contribution in [0.2, 0.25) is 4.34 Å². The molecular weight excluding hydrogens is 308 g/mol. The Kier molecular flexibility index (Phi) is 4.10. The zero-order chi connectivity index (χ0) is 14.0. The van der Waals surface area contributed by atoms with Gasteiger partial charge in [-0.1, -0.05) is 17.7 Å². The molecule has 0 radical (unpaired) electrons. The van der Waals surface area contributed by atoms with Crippen molar-refractivity contribution in [3.8, 4) is 0 Å². The molecule has 2 heterocycles. The number of halogens is 1. The highest BCUT2D eigenvalue weighted by molar-refractivity contribution is 7.91. The van der Waals surface area contributed by atoms with Gasteiger partial charge < -0.3 is 4.57 Å². The number of pyridine rings is 1. The molecule has 0 aromatic carbocycles. The zero-order valence-corrected chi connectivity index (χ0v) is 12.3. The fourth-order valence-electron chi connectivity index (χ4n) is 1.47. The van der Waals surface area contributed by atoms with Crippen molar-refractivity contribution in [1.82, 2.24) is 9.29 Å². The van der Waals surface area contributed by atoms with Gasteiger partial charge in [-0.3, -0.25) is 4.79 Å². The van der Waals surface area contributed by atoms with Gasteiger partial charge in [-0.25, -0.2) is 13.1 Å². The molecule has 0 saturated heterocycles. The van der Waals surface area contributed by atoms with Gasteiger partial charge in [0, 0.05) is 25.4 Å². The van der Waals surface area contributed by atoms with Crippen LogP contribution >= 0.6 is 22.9 Å². The summed E-state index contributed by atoms with van der Waals surface area (Å²) >= 11 is 6.67. The van der Waals surface area contributed by atoms with Crippen molar-refractivity contribution in [2.75, 3.05) is 0 Å². The van der Waals surface area contributed by atoms with Crippen molar-refractivity contribution in [2.24, 2.45) is 7.05 Å². The maximum atomic E-state index is 11.9. The number of nitrogens with zero attached hydrogens (tertiary/aromatic N) is 1. The van der Waals surface area contributed by atoms with Crippen molar-refractivity contribution in [2.45, 2.75) is 10.8 Å². The van der Waals surface area contributed by atoms with Gasteiger partial charge in [-0.15, -0.1) is 11.3 Å². The molecule has 0 spiro atoms. The summed E-state index contributed by atoms with van der Waals surface area (Å²) < 4.78 is 28.2. The third-order valence-corrected chi connectivity index (χ3v) is 5.59. The van der Waals surface area contributed by atoms with Gasteiger partial charge in [-0.05, 0) is 18.2 Å². The molecule has 0 amide bonds. The van der Waals surface area contributed by atoms with Crippen molar-refractivity contribution in [1.29, 1.82) is 0 Å². The van der Waals surface area contributed by atoms with Crippen LogP contribution in [0.1, 0.15) is 5.56 Å². The molecule has 0 bridgehead atoms. The van der Waals surface area contributed by atoms with Crippen molar-refractivity contribution < 1.29 is 8.42 Å². The largest absolute Gasteiger partial charge is 0.318 e. The van der Waals surface area contributed by atoms with Gasteiger partial charge in [0.25, 0.3) is 5.56 Å². The normalized spacial score (nSPS) is 11.7. The fourth-order valence-corrected chi connectivity index (χ4v) is 4.01. The summed E-state index contributed by atoms with van der Waals surface area (Å²) in [6.07, 6.45) is 1.61. The minimum atomic E-state index is -3.63. The first kappa shape index (κ1) is 14.3. The van der Waals surface area contributed by atoms with Crippen LogP contribution in [-0.2, 0) is 23.6 Å². The maximum Gasteiger partial charge on any atom is 0.254 e. The van der Waals surface area contributed by atoms with Crippen LogP contribution in [0.4, 0.5) is 0 Å². The molecule has 1 N–H and O–H groups in total. The number of nitrogens with one attached hydrogen (secondary N) is 1. The second-order valence-corrected chi connectivity index (χ2v) is 7.54. The lowest BCUT2D eigenvalue weighted by Gasteiger charge is -2.05. The summed E-state index contributed by atoms with van der Waals surface area (Å²) in [7, 11) is -2.02. The Morgan fingerprint density at radius 1 is 1.37 bits per heavy atom. The Morgan fingerprint density at radius 3 is 2.74 bits per heavy atom. The lowest BCUT2D eigenvalue weighted by molar-refractivity contribution is 0.583.